The predicted octanol–water partition coefficient (Wildman–Crippen LogP) is 2.35. The zero-order valence-corrected chi connectivity index (χ0v) is 9.32. The number of carbonyl (C=O) groups is 1. The van der Waals surface area contributed by atoms with E-state index in [0.29, 0.717) is 11.5 Å². The van der Waals surface area contributed by atoms with Crippen molar-refractivity contribution in [2.45, 2.75) is 25.7 Å². The van der Waals surface area contributed by atoms with Gasteiger partial charge in [0, 0.05) is 5.56 Å². The Morgan fingerprint density at radius 2 is 1.88 bits per heavy atom. The maximum Gasteiger partial charge on any atom is 0.248 e. The first-order valence-corrected chi connectivity index (χ1v) is 5.78. The van der Waals surface area contributed by atoms with Gasteiger partial charge in [-0.1, -0.05) is 12.8 Å². The standard InChI is InChI=1S/C13H17NO2/c14-13(15)11-5-7-12(8-6-11)16-9-10-3-1-2-4-10/h5-8,10H,1-4,9H2,(H2,14,15). The molecule has 0 heterocycles. The third kappa shape index (κ3) is 2.75. The number of hydrogen-bond acceptors (Lipinski definition) is 2. The van der Waals surface area contributed by atoms with E-state index in [4.69, 9.17) is 10.5 Å². The molecule has 0 radical (unpaired) electrons. The van der Waals surface area contributed by atoms with Crippen LogP contribution in [0.3, 0.4) is 0 Å². The fraction of sp³-hybridized carbons (Fsp3) is 0.462. The summed E-state index contributed by atoms with van der Waals surface area (Å²) in [6, 6.07) is 7.00. The number of nitrogens with two attached hydrogens (primary N) is 1. The number of amides is 1. The van der Waals surface area contributed by atoms with Crippen LogP contribution in [0.1, 0.15) is 36.0 Å². The Hall–Kier alpha value is -1.51. The van der Waals surface area contributed by atoms with E-state index < -0.39 is 5.91 Å². The average molecular weight is 219 g/mol. The molecule has 1 aliphatic rings. The number of carbonyl (C=O) groups excluding carboxylic acids is 1. The second kappa shape index (κ2) is 5.01. The molecule has 1 aromatic carbocycles. The van der Waals surface area contributed by atoms with Gasteiger partial charge in [0.1, 0.15) is 5.75 Å². The molecule has 0 saturated heterocycles. The smallest absolute Gasteiger partial charge is 0.248 e. The minimum Gasteiger partial charge on any atom is -0.493 e. The van der Waals surface area contributed by atoms with Crippen molar-refractivity contribution in [1.29, 1.82) is 0 Å². The molecule has 3 heteroatoms. The van der Waals surface area contributed by atoms with Gasteiger partial charge in [-0.3, -0.25) is 4.79 Å². The fourth-order valence-electron chi connectivity index (χ4n) is 2.11. The van der Waals surface area contributed by atoms with Gasteiger partial charge in [0.25, 0.3) is 0 Å². The maximum atomic E-state index is 10.9. The maximum absolute atomic E-state index is 10.9. The highest BCUT2D eigenvalue weighted by Crippen LogP contribution is 2.25. The molecule has 0 aliphatic heterocycles. The highest BCUT2D eigenvalue weighted by molar-refractivity contribution is 5.92. The van der Waals surface area contributed by atoms with Crippen molar-refractivity contribution >= 4 is 5.91 Å². The van der Waals surface area contributed by atoms with Gasteiger partial charge in [-0.05, 0) is 43.0 Å². The third-order valence-electron chi connectivity index (χ3n) is 3.10. The molecule has 1 amide bonds. The van der Waals surface area contributed by atoms with Gasteiger partial charge >= 0.3 is 0 Å². The molecule has 1 fully saturated rings. The van der Waals surface area contributed by atoms with Gasteiger partial charge < -0.3 is 10.5 Å². The fourth-order valence-corrected chi connectivity index (χ4v) is 2.11. The second-order valence-electron chi connectivity index (χ2n) is 4.35. The van der Waals surface area contributed by atoms with Gasteiger partial charge in [0.15, 0.2) is 0 Å². The van der Waals surface area contributed by atoms with Crippen molar-refractivity contribution in [3.63, 3.8) is 0 Å². The van der Waals surface area contributed by atoms with Crippen molar-refractivity contribution in [2.75, 3.05) is 6.61 Å². The van der Waals surface area contributed by atoms with Gasteiger partial charge in [0.05, 0.1) is 6.61 Å². The highest BCUT2D eigenvalue weighted by Gasteiger charge is 2.15. The molecule has 1 aliphatic carbocycles. The molecule has 1 saturated carbocycles. The Bertz CT molecular complexity index is 353. The summed E-state index contributed by atoms with van der Waals surface area (Å²) in [6.45, 7) is 0.788. The Balaban J connectivity index is 1.87. The number of rotatable bonds is 4. The van der Waals surface area contributed by atoms with Crippen LogP contribution in [-0.2, 0) is 0 Å². The molecule has 0 atom stereocenters. The number of primary amides is 1. The second-order valence-corrected chi connectivity index (χ2v) is 4.35. The molecule has 3 nitrogen and oxygen atoms in total. The van der Waals surface area contributed by atoms with Crippen LogP contribution in [0.4, 0.5) is 0 Å². The largest absolute Gasteiger partial charge is 0.493 e. The third-order valence-corrected chi connectivity index (χ3v) is 3.10. The van der Waals surface area contributed by atoms with Gasteiger partial charge in [-0.2, -0.15) is 0 Å². The SMILES string of the molecule is NC(=O)c1ccc(OCC2CCCC2)cc1. The van der Waals surface area contributed by atoms with Crippen molar-refractivity contribution in [1.82, 2.24) is 0 Å². The van der Waals surface area contributed by atoms with Crippen LogP contribution in [0, 0.1) is 5.92 Å². The van der Waals surface area contributed by atoms with E-state index in [1.807, 2.05) is 0 Å². The summed E-state index contributed by atoms with van der Waals surface area (Å²) in [6.07, 6.45) is 5.21. The van der Waals surface area contributed by atoms with E-state index in [1.54, 1.807) is 24.3 Å². The summed E-state index contributed by atoms with van der Waals surface area (Å²) in [7, 11) is 0. The number of ether oxygens (including phenoxy) is 1. The van der Waals surface area contributed by atoms with Gasteiger partial charge in [0.2, 0.25) is 5.91 Å². The molecule has 86 valence electrons. The lowest BCUT2D eigenvalue weighted by Gasteiger charge is -2.11. The molecular formula is C13H17NO2. The lowest BCUT2D eigenvalue weighted by molar-refractivity contribution is 0.100. The number of hydrogen-bond donors (Lipinski definition) is 1. The predicted molar refractivity (Wildman–Crippen MR) is 62.4 cm³/mol. The number of benzene rings is 1. The van der Waals surface area contributed by atoms with E-state index in [0.717, 1.165) is 12.4 Å². The van der Waals surface area contributed by atoms with Crippen LogP contribution in [0.2, 0.25) is 0 Å². The lowest BCUT2D eigenvalue weighted by Crippen LogP contribution is -2.11. The molecule has 0 bridgehead atoms. The van der Waals surface area contributed by atoms with Crippen molar-refractivity contribution < 1.29 is 9.53 Å². The lowest BCUT2D eigenvalue weighted by atomic mass is 10.1. The molecule has 16 heavy (non-hydrogen) atoms. The summed E-state index contributed by atoms with van der Waals surface area (Å²) in [5.41, 5.74) is 5.68. The first kappa shape index (κ1) is 11.0. The van der Waals surface area contributed by atoms with E-state index in [9.17, 15) is 4.79 Å². The van der Waals surface area contributed by atoms with Crippen LogP contribution < -0.4 is 10.5 Å². The van der Waals surface area contributed by atoms with E-state index in [2.05, 4.69) is 0 Å². The molecule has 0 aromatic heterocycles. The Labute approximate surface area is 95.6 Å². The molecule has 2 N–H and O–H groups in total. The van der Waals surface area contributed by atoms with Gasteiger partial charge in [-0.15, -0.1) is 0 Å². The zero-order valence-electron chi connectivity index (χ0n) is 9.32. The van der Waals surface area contributed by atoms with E-state index in [-0.39, 0.29) is 0 Å². The summed E-state index contributed by atoms with van der Waals surface area (Å²) < 4.78 is 5.67. The Kier molecular flexibility index (Phi) is 3.44. The van der Waals surface area contributed by atoms with Crippen LogP contribution in [0.25, 0.3) is 0 Å². The molecule has 0 spiro atoms. The normalized spacial score (nSPS) is 16.2. The van der Waals surface area contributed by atoms with Crippen LogP contribution in [0.15, 0.2) is 24.3 Å². The summed E-state index contributed by atoms with van der Waals surface area (Å²) in [5, 5.41) is 0. The zero-order chi connectivity index (χ0) is 11.4. The van der Waals surface area contributed by atoms with Crippen molar-refractivity contribution in [2.24, 2.45) is 11.7 Å². The minimum absolute atomic E-state index is 0.401. The van der Waals surface area contributed by atoms with E-state index >= 15 is 0 Å². The van der Waals surface area contributed by atoms with Crippen LogP contribution in [-0.4, -0.2) is 12.5 Å². The monoisotopic (exact) mass is 219 g/mol. The topological polar surface area (TPSA) is 52.3 Å². The average Bonchev–Trinajstić information content (AvgIpc) is 2.80. The van der Waals surface area contributed by atoms with E-state index in [1.165, 1.54) is 25.7 Å². The molecule has 2 rings (SSSR count). The molecule has 0 unspecified atom stereocenters. The Morgan fingerprint density at radius 1 is 1.25 bits per heavy atom. The quantitative estimate of drug-likeness (QED) is 0.845. The summed E-state index contributed by atoms with van der Waals surface area (Å²) >= 11 is 0. The molecular weight excluding hydrogens is 202 g/mol. The summed E-state index contributed by atoms with van der Waals surface area (Å²) in [5.74, 6) is 1.12. The van der Waals surface area contributed by atoms with Crippen LogP contribution in [0.5, 0.6) is 5.75 Å². The van der Waals surface area contributed by atoms with Gasteiger partial charge in [-0.25, -0.2) is 0 Å². The Morgan fingerprint density at radius 3 is 2.44 bits per heavy atom. The summed E-state index contributed by atoms with van der Waals surface area (Å²) in [4.78, 5) is 10.9. The highest BCUT2D eigenvalue weighted by atomic mass is 16.5. The first-order valence-electron chi connectivity index (χ1n) is 5.78. The first-order chi connectivity index (χ1) is 7.75. The van der Waals surface area contributed by atoms with Crippen molar-refractivity contribution in [3.8, 4) is 5.75 Å². The molecule has 1 aromatic rings. The van der Waals surface area contributed by atoms with Crippen LogP contribution >= 0.6 is 0 Å². The minimum atomic E-state index is -0.401. The van der Waals surface area contributed by atoms with Crippen molar-refractivity contribution in [3.05, 3.63) is 29.8 Å².